The third kappa shape index (κ3) is 4.10. The lowest BCUT2D eigenvalue weighted by Crippen LogP contribution is -2.49. The molecule has 1 aromatic carbocycles. The summed E-state index contributed by atoms with van der Waals surface area (Å²) in [5.74, 6) is -0.0276. The van der Waals surface area contributed by atoms with Crippen LogP contribution in [0.2, 0.25) is 0 Å². The average molecular weight is 341 g/mol. The van der Waals surface area contributed by atoms with Crippen LogP contribution in [0.15, 0.2) is 36.4 Å². The molecule has 5 heteroatoms. The molecular formula is C20H27N3O2. The van der Waals surface area contributed by atoms with Crippen molar-refractivity contribution < 1.29 is 9.59 Å². The molecule has 1 aromatic rings. The number of rotatable bonds is 5. The van der Waals surface area contributed by atoms with Crippen molar-refractivity contribution in [3.8, 4) is 0 Å². The van der Waals surface area contributed by atoms with Crippen molar-refractivity contribution in [2.24, 2.45) is 11.1 Å². The van der Waals surface area contributed by atoms with E-state index < -0.39 is 0 Å². The minimum absolute atomic E-state index is 0.0749. The summed E-state index contributed by atoms with van der Waals surface area (Å²) in [4.78, 5) is 27.9. The van der Waals surface area contributed by atoms with E-state index in [1.807, 2.05) is 30.0 Å². The molecule has 134 valence electrons. The smallest absolute Gasteiger partial charge is 0.234 e. The van der Waals surface area contributed by atoms with Gasteiger partial charge in [-0.25, -0.2) is 0 Å². The quantitative estimate of drug-likeness (QED) is 0.889. The molecule has 2 aliphatic heterocycles. The van der Waals surface area contributed by atoms with Crippen LogP contribution in [0, 0.1) is 5.41 Å². The number of hydrogen-bond acceptors (Lipinski definition) is 3. The van der Waals surface area contributed by atoms with Crippen molar-refractivity contribution in [3.63, 3.8) is 0 Å². The fourth-order valence-electron chi connectivity index (χ4n) is 3.93. The molecule has 2 saturated heterocycles. The maximum Gasteiger partial charge on any atom is 0.234 e. The summed E-state index contributed by atoms with van der Waals surface area (Å²) in [6, 6.07) is 9.90. The van der Waals surface area contributed by atoms with E-state index in [0.29, 0.717) is 13.0 Å². The molecule has 0 aromatic heterocycles. The van der Waals surface area contributed by atoms with E-state index in [1.54, 1.807) is 0 Å². The van der Waals surface area contributed by atoms with E-state index in [-0.39, 0.29) is 23.3 Å². The Hall–Kier alpha value is -2.14. The summed E-state index contributed by atoms with van der Waals surface area (Å²) in [5, 5.41) is 0. The molecule has 0 aliphatic carbocycles. The third-order valence-corrected chi connectivity index (χ3v) is 5.66. The molecule has 0 bridgehead atoms. The van der Waals surface area contributed by atoms with Crippen LogP contribution in [-0.2, 0) is 9.59 Å². The van der Waals surface area contributed by atoms with Gasteiger partial charge in [-0.15, -0.1) is 0 Å². The molecule has 2 N–H and O–H groups in total. The zero-order valence-electron chi connectivity index (χ0n) is 14.9. The predicted molar refractivity (Wildman–Crippen MR) is 98.6 cm³/mol. The molecular weight excluding hydrogens is 314 g/mol. The van der Waals surface area contributed by atoms with Crippen LogP contribution in [0.3, 0.4) is 0 Å². The number of benzene rings is 1. The fourth-order valence-corrected chi connectivity index (χ4v) is 3.93. The predicted octanol–water partition coefficient (Wildman–Crippen LogP) is 1.89. The topological polar surface area (TPSA) is 66.6 Å². The monoisotopic (exact) mass is 341 g/mol. The highest BCUT2D eigenvalue weighted by molar-refractivity contribution is 5.80. The second kappa shape index (κ2) is 7.40. The highest BCUT2D eigenvalue weighted by Crippen LogP contribution is 2.41. The first-order chi connectivity index (χ1) is 12.0. The third-order valence-electron chi connectivity index (χ3n) is 5.66. The molecule has 25 heavy (non-hydrogen) atoms. The van der Waals surface area contributed by atoms with Gasteiger partial charge in [0.05, 0.1) is 6.04 Å². The zero-order valence-corrected chi connectivity index (χ0v) is 14.9. The van der Waals surface area contributed by atoms with Crippen LogP contribution >= 0.6 is 0 Å². The van der Waals surface area contributed by atoms with Crippen molar-refractivity contribution in [1.82, 2.24) is 9.80 Å². The van der Waals surface area contributed by atoms with Crippen LogP contribution < -0.4 is 5.73 Å². The highest BCUT2D eigenvalue weighted by Gasteiger charge is 2.45. The Kier molecular flexibility index (Phi) is 5.23. The number of likely N-dealkylation sites (tertiary alicyclic amines) is 2. The van der Waals surface area contributed by atoms with Gasteiger partial charge in [0.15, 0.2) is 0 Å². The van der Waals surface area contributed by atoms with Gasteiger partial charge < -0.3 is 10.6 Å². The van der Waals surface area contributed by atoms with E-state index in [0.717, 1.165) is 38.0 Å². The Morgan fingerprint density at radius 1 is 1.28 bits per heavy atom. The van der Waals surface area contributed by atoms with Gasteiger partial charge in [0, 0.05) is 19.5 Å². The summed E-state index contributed by atoms with van der Waals surface area (Å²) in [7, 11) is 0. The van der Waals surface area contributed by atoms with E-state index in [4.69, 9.17) is 5.73 Å². The molecule has 2 fully saturated rings. The van der Waals surface area contributed by atoms with Gasteiger partial charge in [-0.05, 0) is 43.8 Å². The first-order valence-electron chi connectivity index (χ1n) is 9.02. The molecule has 2 heterocycles. The van der Waals surface area contributed by atoms with Crippen LogP contribution in [-0.4, -0.2) is 53.8 Å². The first kappa shape index (κ1) is 17.7. The van der Waals surface area contributed by atoms with Gasteiger partial charge in [-0.1, -0.05) is 42.5 Å². The zero-order chi connectivity index (χ0) is 17.9. The molecule has 1 atom stereocenters. The maximum atomic E-state index is 12.4. The number of primary amides is 1. The lowest BCUT2D eigenvalue weighted by Gasteiger charge is -2.40. The van der Waals surface area contributed by atoms with E-state index >= 15 is 0 Å². The minimum Gasteiger partial charge on any atom is -0.368 e. The van der Waals surface area contributed by atoms with Crippen molar-refractivity contribution in [3.05, 3.63) is 42.0 Å². The number of nitrogens with two attached hydrogens (primary N) is 1. The Bertz CT molecular complexity index is 648. The summed E-state index contributed by atoms with van der Waals surface area (Å²) < 4.78 is 0. The Morgan fingerprint density at radius 3 is 2.60 bits per heavy atom. The number of carbonyl (C=O) groups is 2. The molecule has 0 radical (unpaired) electrons. The standard InChI is InChI=1S/C20H27N3O2/c1-16(19(21)25)22-12-9-20(10-13-22)14-18(24)23(15-20)11-5-8-17-6-3-2-4-7-17/h2-8,16H,9-15H2,1H3,(H2,21,25). The molecule has 3 rings (SSSR count). The molecule has 1 unspecified atom stereocenters. The van der Waals surface area contributed by atoms with Crippen molar-refractivity contribution in [2.45, 2.75) is 32.2 Å². The molecule has 0 saturated carbocycles. The van der Waals surface area contributed by atoms with Gasteiger partial charge in [0.1, 0.15) is 0 Å². The summed E-state index contributed by atoms with van der Waals surface area (Å²) in [6.07, 6.45) is 6.67. The van der Waals surface area contributed by atoms with Gasteiger partial charge in [0.2, 0.25) is 11.8 Å². The van der Waals surface area contributed by atoms with Crippen molar-refractivity contribution in [1.29, 1.82) is 0 Å². The van der Waals surface area contributed by atoms with Crippen LogP contribution in [0.1, 0.15) is 31.7 Å². The summed E-state index contributed by atoms with van der Waals surface area (Å²) >= 11 is 0. The number of carbonyl (C=O) groups excluding carboxylic acids is 2. The lowest BCUT2D eigenvalue weighted by atomic mass is 9.77. The van der Waals surface area contributed by atoms with E-state index in [1.165, 1.54) is 0 Å². The van der Waals surface area contributed by atoms with Crippen LogP contribution in [0.5, 0.6) is 0 Å². The fraction of sp³-hybridized carbons (Fsp3) is 0.500. The Balaban J connectivity index is 1.54. The number of piperidine rings is 1. The number of nitrogens with zero attached hydrogens (tertiary/aromatic N) is 2. The maximum absolute atomic E-state index is 12.4. The molecule has 2 amide bonds. The highest BCUT2D eigenvalue weighted by atomic mass is 16.2. The van der Waals surface area contributed by atoms with Gasteiger partial charge in [-0.3, -0.25) is 14.5 Å². The van der Waals surface area contributed by atoms with Gasteiger partial charge in [-0.2, -0.15) is 0 Å². The van der Waals surface area contributed by atoms with Crippen LogP contribution in [0.25, 0.3) is 6.08 Å². The van der Waals surface area contributed by atoms with E-state index in [9.17, 15) is 9.59 Å². The molecule has 1 spiro atoms. The molecule has 2 aliphatic rings. The number of hydrogen-bond donors (Lipinski definition) is 1. The lowest BCUT2D eigenvalue weighted by molar-refractivity contribution is -0.127. The second-order valence-electron chi connectivity index (χ2n) is 7.38. The minimum atomic E-state index is -0.272. The molecule has 5 nitrogen and oxygen atoms in total. The Morgan fingerprint density at radius 2 is 1.96 bits per heavy atom. The van der Waals surface area contributed by atoms with Crippen molar-refractivity contribution in [2.75, 3.05) is 26.2 Å². The van der Waals surface area contributed by atoms with Gasteiger partial charge in [0.25, 0.3) is 0 Å². The average Bonchev–Trinajstić information content (AvgIpc) is 2.91. The first-order valence-corrected chi connectivity index (χ1v) is 9.02. The van der Waals surface area contributed by atoms with Gasteiger partial charge >= 0.3 is 0 Å². The summed E-state index contributed by atoms with van der Waals surface area (Å²) in [6.45, 7) is 5.03. The van der Waals surface area contributed by atoms with E-state index in [2.05, 4.69) is 29.2 Å². The van der Waals surface area contributed by atoms with Crippen LogP contribution in [0.4, 0.5) is 0 Å². The second-order valence-corrected chi connectivity index (χ2v) is 7.38. The Labute approximate surface area is 149 Å². The summed E-state index contributed by atoms with van der Waals surface area (Å²) in [5.41, 5.74) is 6.63. The normalized spacial score (nSPS) is 22.0. The number of amides is 2. The largest absolute Gasteiger partial charge is 0.368 e. The van der Waals surface area contributed by atoms with Crippen molar-refractivity contribution >= 4 is 17.9 Å². The SMILES string of the molecule is CC(C(N)=O)N1CCC2(CC1)CC(=O)N(CC=Cc1ccccc1)C2.